The standard InChI is InChI=1S/C6H11NO7/c7-14-2(1-8)3(9)4(10)5(11)6(12)13/h1-5,9-11H,7H2,(H,12,13)/t2-,3+,4-,5-/m0/s1. The van der Waals surface area contributed by atoms with Gasteiger partial charge in [0.15, 0.2) is 18.5 Å². The maximum Gasteiger partial charge on any atom is 0.335 e. The second kappa shape index (κ2) is 5.62. The van der Waals surface area contributed by atoms with E-state index >= 15 is 0 Å². The van der Waals surface area contributed by atoms with Crippen LogP contribution in [0.15, 0.2) is 0 Å². The van der Waals surface area contributed by atoms with E-state index in [-0.39, 0.29) is 6.29 Å². The highest BCUT2D eigenvalue weighted by Crippen LogP contribution is 2.05. The van der Waals surface area contributed by atoms with Gasteiger partial charge in [-0.05, 0) is 0 Å². The molecule has 0 amide bonds. The fraction of sp³-hybridized carbons (Fsp3) is 0.667. The molecule has 0 saturated heterocycles. The average molecular weight is 209 g/mol. The lowest BCUT2D eigenvalue weighted by Gasteiger charge is -2.22. The van der Waals surface area contributed by atoms with Crippen LogP contribution in [0.5, 0.6) is 0 Å². The second-order valence-electron chi connectivity index (χ2n) is 2.50. The summed E-state index contributed by atoms with van der Waals surface area (Å²) in [6.45, 7) is 0. The van der Waals surface area contributed by atoms with E-state index in [2.05, 4.69) is 10.7 Å². The third-order valence-corrected chi connectivity index (χ3v) is 1.55. The lowest BCUT2D eigenvalue weighted by molar-refractivity contribution is -0.167. The molecule has 0 heterocycles. The number of aldehydes is 1. The number of aliphatic hydroxyl groups is 3. The van der Waals surface area contributed by atoms with Crippen LogP contribution in [0.4, 0.5) is 0 Å². The van der Waals surface area contributed by atoms with Gasteiger partial charge in [-0.3, -0.25) is 4.84 Å². The first-order valence-corrected chi connectivity index (χ1v) is 3.53. The molecule has 0 aliphatic rings. The molecule has 0 bridgehead atoms. The maximum absolute atomic E-state index is 10.2. The van der Waals surface area contributed by atoms with Crippen molar-refractivity contribution >= 4 is 12.3 Å². The lowest BCUT2D eigenvalue weighted by atomic mass is 10.0. The fourth-order valence-corrected chi connectivity index (χ4v) is 0.720. The Labute approximate surface area is 78.5 Å². The number of aliphatic hydroxyl groups excluding tert-OH is 3. The molecule has 8 nitrogen and oxygen atoms in total. The summed E-state index contributed by atoms with van der Waals surface area (Å²) in [6.07, 6.45) is -7.72. The van der Waals surface area contributed by atoms with Gasteiger partial charge < -0.3 is 25.2 Å². The molecule has 0 spiro atoms. The van der Waals surface area contributed by atoms with Gasteiger partial charge in [-0.1, -0.05) is 0 Å². The predicted octanol–water partition coefficient (Wildman–Crippen LogP) is -3.39. The highest BCUT2D eigenvalue weighted by Gasteiger charge is 2.35. The summed E-state index contributed by atoms with van der Waals surface area (Å²) in [5.74, 6) is 2.83. The summed E-state index contributed by atoms with van der Waals surface area (Å²) in [4.78, 5) is 24.3. The number of hydrogen-bond donors (Lipinski definition) is 5. The summed E-state index contributed by atoms with van der Waals surface area (Å²) < 4.78 is 0. The molecule has 0 aromatic heterocycles. The first-order chi connectivity index (χ1) is 6.45. The largest absolute Gasteiger partial charge is 0.479 e. The van der Waals surface area contributed by atoms with E-state index in [0.717, 1.165) is 0 Å². The van der Waals surface area contributed by atoms with Gasteiger partial charge >= 0.3 is 5.97 Å². The number of carboxylic acids is 1. The number of nitrogens with two attached hydrogens (primary N) is 1. The average Bonchev–Trinajstić information content (AvgIpc) is 2.17. The quantitative estimate of drug-likeness (QED) is 0.224. The molecule has 0 aliphatic heterocycles. The first-order valence-electron chi connectivity index (χ1n) is 3.53. The molecule has 0 saturated carbocycles. The van der Waals surface area contributed by atoms with Crippen LogP contribution in [0.2, 0.25) is 0 Å². The van der Waals surface area contributed by atoms with E-state index < -0.39 is 30.4 Å². The number of rotatable bonds is 6. The molecule has 0 radical (unpaired) electrons. The number of carboxylic acid groups (broad SMARTS) is 1. The van der Waals surface area contributed by atoms with E-state index in [1.54, 1.807) is 0 Å². The van der Waals surface area contributed by atoms with Crippen molar-refractivity contribution in [2.45, 2.75) is 24.4 Å². The van der Waals surface area contributed by atoms with Gasteiger partial charge in [0.1, 0.15) is 12.2 Å². The summed E-state index contributed by atoms with van der Waals surface area (Å²) in [5, 5.41) is 35.1. The van der Waals surface area contributed by atoms with Crippen molar-refractivity contribution in [1.29, 1.82) is 0 Å². The Morgan fingerprint density at radius 2 is 1.79 bits per heavy atom. The van der Waals surface area contributed by atoms with Gasteiger partial charge in [0, 0.05) is 0 Å². The number of carbonyl (C=O) groups is 2. The summed E-state index contributed by atoms with van der Waals surface area (Å²) >= 11 is 0. The summed E-state index contributed by atoms with van der Waals surface area (Å²) in [6, 6.07) is 0. The van der Waals surface area contributed by atoms with Crippen LogP contribution in [0.3, 0.4) is 0 Å². The monoisotopic (exact) mass is 209 g/mol. The Bertz CT molecular complexity index is 202. The number of aliphatic carboxylic acids is 1. The maximum atomic E-state index is 10.2. The topological polar surface area (TPSA) is 150 Å². The van der Waals surface area contributed by atoms with E-state index in [0.29, 0.717) is 0 Å². The lowest BCUT2D eigenvalue weighted by Crippen LogP contribution is -2.49. The molecular weight excluding hydrogens is 198 g/mol. The van der Waals surface area contributed by atoms with Crippen molar-refractivity contribution < 1.29 is 34.9 Å². The number of carbonyl (C=O) groups excluding carboxylic acids is 1. The molecule has 0 rings (SSSR count). The minimum absolute atomic E-state index is 0.0719. The van der Waals surface area contributed by atoms with Crippen LogP contribution in [-0.2, 0) is 14.4 Å². The minimum Gasteiger partial charge on any atom is -0.479 e. The fourth-order valence-electron chi connectivity index (χ4n) is 0.720. The SMILES string of the molecule is NO[C@@H](C=O)[C@@H](O)[C@H](O)[C@H](O)C(=O)O. The van der Waals surface area contributed by atoms with Gasteiger partial charge in [0.25, 0.3) is 0 Å². The van der Waals surface area contributed by atoms with Crippen LogP contribution in [0.1, 0.15) is 0 Å². The van der Waals surface area contributed by atoms with Crippen molar-refractivity contribution in [2.75, 3.05) is 0 Å². The molecule has 0 aliphatic carbocycles. The van der Waals surface area contributed by atoms with Gasteiger partial charge in [0.05, 0.1) is 0 Å². The number of hydrogen-bond acceptors (Lipinski definition) is 7. The van der Waals surface area contributed by atoms with E-state index in [1.807, 2.05) is 0 Å². The molecule has 4 atom stereocenters. The normalized spacial score (nSPS) is 19.4. The molecule has 82 valence electrons. The highest BCUT2D eigenvalue weighted by molar-refractivity contribution is 5.73. The highest BCUT2D eigenvalue weighted by atomic mass is 16.6. The Morgan fingerprint density at radius 3 is 2.07 bits per heavy atom. The summed E-state index contributed by atoms with van der Waals surface area (Å²) in [7, 11) is 0. The molecule has 6 N–H and O–H groups in total. The van der Waals surface area contributed by atoms with Crippen molar-refractivity contribution in [3.05, 3.63) is 0 Å². The Kier molecular flexibility index (Phi) is 5.20. The van der Waals surface area contributed by atoms with E-state index in [1.165, 1.54) is 0 Å². The zero-order valence-electron chi connectivity index (χ0n) is 6.98. The minimum atomic E-state index is -2.22. The van der Waals surface area contributed by atoms with Crippen molar-refractivity contribution in [3.63, 3.8) is 0 Å². The molecule has 0 fully saturated rings. The molecule has 0 aromatic carbocycles. The Morgan fingerprint density at radius 1 is 1.29 bits per heavy atom. The molecule has 8 heteroatoms. The van der Waals surface area contributed by atoms with Crippen molar-refractivity contribution in [1.82, 2.24) is 0 Å². The van der Waals surface area contributed by atoms with E-state index in [4.69, 9.17) is 20.4 Å². The van der Waals surface area contributed by atoms with Crippen LogP contribution in [0, 0.1) is 0 Å². The predicted molar refractivity (Wildman–Crippen MR) is 40.8 cm³/mol. The third kappa shape index (κ3) is 3.01. The zero-order chi connectivity index (χ0) is 11.3. The molecule has 14 heavy (non-hydrogen) atoms. The van der Waals surface area contributed by atoms with Gasteiger partial charge in [-0.25, -0.2) is 10.7 Å². The van der Waals surface area contributed by atoms with Crippen LogP contribution in [0.25, 0.3) is 0 Å². The molecule has 0 aromatic rings. The van der Waals surface area contributed by atoms with Crippen LogP contribution in [-0.4, -0.2) is 57.1 Å². The second-order valence-corrected chi connectivity index (χ2v) is 2.50. The van der Waals surface area contributed by atoms with Crippen LogP contribution >= 0.6 is 0 Å². The summed E-state index contributed by atoms with van der Waals surface area (Å²) in [5.41, 5.74) is 0. The van der Waals surface area contributed by atoms with E-state index in [9.17, 15) is 9.59 Å². The first kappa shape index (κ1) is 12.9. The zero-order valence-corrected chi connectivity index (χ0v) is 6.98. The van der Waals surface area contributed by atoms with Crippen molar-refractivity contribution in [2.24, 2.45) is 5.90 Å². The third-order valence-electron chi connectivity index (χ3n) is 1.55. The Hall–Kier alpha value is -1.06. The van der Waals surface area contributed by atoms with Gasteiger partial charge in [0.2, 0.25) is 0 Å². The molecule has 0 unspecified atom stereocenters. The van der Waals surface area contributed by atoms with Gasteiger partial charge in [-0.15, -0.1) is 0 Å². The van der Waals surface area contributed by atoms with Gasteiger partial charge in [-0.2, -0.15) is 0 Å². The van der Waals surface area contributed by atoms with Crippen LogP contribution < -0.4 is 5.90 Å². The smallest absolute Gasteiger partial charge is 0.335 e. The Balaban J connectivity index is 4.43. The molecular formula is C6H11NO7. The van der Waals surface area contributed by atoms with Crippen molar-refractivity contribution in [3.8, 4) is 0 Å².